The Labute approximate surface area is 136 Å². The molecule has 6 heteroatoms. The molecule has 5 nitrogen and oxygen atoms in total. The summed E-state index contributed by atoms with van der Waals surface area (Å²) in [6, 6.07) is 3.74. The Hall–Kier alpha value is -1.33. The van der Waals surface area contributed by atoms with Crippen molar-refractivity contribution < 1.29 is 9.90 Å². The number of piperidine rings is 1. The smallest absolute Gasteiger partial charge is 0.225 e. The molecule has 2 heterocycles. The molecule has 0 aromatic carbocycles. The van der Waals surface area contributed by atoms with E-state index in [1.54, 1.807) is 32.0 Å². The maximum absolute atomic E-state index is 12.4. The van der Waals surface area contributed by atoms with Crippen LogP contribution in [0.25, 0.3) is 0 Å². The second-order valence-corrected chi connectivity index (χ2v) is 7.04. The average molecular weight is 326 g/mol. The quantitative estimate of drug-likeness (QED) is 0.922. The molecule has 2 rings (SSSR count). The van der Waals surface area contributed by atoms with Crippen molar-refractivity contribution in [3.8, 4) is 0 Å². The number of nitrogens with zero attached hydrogens (tertiary/aromatic N) is 3. The molecular formula is C16H24ClN3O2. The summed E-state index contributed by atoms with van der Waals surface area (Å²) in [7, 11) is 1.76. The fourth-order valence-corrected chi connectivity index (χ4v) is 2.99. The lowest BCUT2D eigenvalue weighted by Crippen LogP contribution is -2.45. The van der Waals surface area contributed by atoms with Crippen molar-refractivity contribution >= 4 is 23.3 Å². The highest BCUT2D eigenvalue weighted by atomic mass is 35.5. The number of carbonyl (C=O) groups is 1. The van der Waals surface area contributed by atoms with Crippen LogP contribution in [0.5, 0.6) is 0 Å². The third kappa shape index (κ3) is 4.58. The highest BCUT2D eigenvalue weighted by Crippen LogP contribution is 2.24. The van der Waals surface area contributed by atoms with Crippen LogP contribution in [0.15, 0.2) is 18.3 Å². The first-order valence-corrected chi connectivity index (χ1v) is 7.98. The van der Waals surface area contributed by atoms with E-state index in [1.807, 2.05) is 12.1 Å². The Bertz CT molecular complexity index is 505. The van der Waals surface area contributed by atoms with E-state index < -0.39 is 5.60 Å². The normalized spacial score (nSPS) is 16.7. The molecule has 1 aliphatic heterocycles. The van der Waals surface area contributed by atoms with Gasteiger partial charge in [0.25, 0.3) is 0 Å². The van der Waals surface area contributed by atoms with Crippen molar-refractivity contribution in [3.63, 3.8) is 0 Å². The van der Waals surface area contributed by atoms with Crippen LogP contribution in [0.4, 0.5) is 5.82 Å². The first-order chi connectivity index (χ1) is 10.3. The van der Waals surface area contributed by atoms with E-state index >= 15 is 0 Å². The number of hydrogen-bond donors (Lipinski definition) is 1. The Morgan fingerprint density at radius 3 is 2.59 bits per heavy atom. The molecule has 1 saturated heterocycles. The number of halogens is 1. The van der Waals surface area contributed by atoms with Crippen molar-refractivity contribution in [3.05, 3.63) is 23.4 Å². The van der Waals surface area contributed by atoms with Gasteiger partial charge >= 0.3 is 0 Å². The maximum Gasteiger partial charge on any atom is 0.225 e. The number of carbonyl (C=O) groups excluding carboxylic acids is 1. The SMILES string of the molecule is CN(CC(C)(C)O)C(=O)C1CCN(c2ccc(Cl)cn2)CC1. The van der Waals surface area contributed by atoms with E-state index in [1.165, 1.54) is 0 Å². The standard InChI is InChI=1S/C16H24ClN3O2/c1-16(2,22)11-19(3)15(21)12-6-8-20(9-7-12)14-5-4-13(17)10-18-14/h4-5,10,12,22H,6-9,11H2,1-3H3. The monoisotopic (exact) mass is 325 g/mol. The molecular weight excluding hydrogens is 302 g/mol. The second kappa shape index (κ2) is 6.84. The zero-order valence-electron chi connectivity index (χ0n) is 13.4. The summed E-state index contributed by atoms with van der Waals surface area (Å²) in [5.41, 5.74) is -0.863. The minimum absolute atomic E-state index is 0.0240. The molecule has 1 fully saturated rings. The number of pyridine rings is 1. The number of amides is 1. The summed E-state index contributed by atoms with van der Waals surface area (Å²) in [6.07, 6.45) is 3.25. The Balaban J connectivity index is 1.89. The van der Waals surface area contributed by atoms with Crippen molar-refractivity contribution in [1.29, 1.82) is 0 Å². The van der Waals surface area contributed by atoms with Crippen LogP contribution in [-0.2, 0) is 4.79 Å². The van der Waals surface area contributed by atoms with Crippen LogP contribution >= 0.6 is 11.6 Å². The highest BCUT2D eigenvalue weighted by molar-refractivity contribution is 6.30. The van der Waals surface area contributed by atoms with Crippen LogP contribution in [0, 0.1) is 5.92 Å². The van der Waals surface area contributed by atoms with Gasteiger partial charge in [0, 0.05) is 38.8 Å². The van der Waals surface area contributed by atoms with E-state index in [2.05, 4.69) is 9.88 Å². The van der Waals surface area contributed by atoms with E-state index in [0.29, 0.717) is 11.6 Å². The second-order valence-electron chi connectivity index (χ2n) is 6.60. The van der Waals surface area contributed by atoms with Crippen LogP contribution in [-0.4, -0.2) is 53.2 Å². The minimum Gasteiger partial charge on any atom is -0.389 e. The molecule has 0 atom stereocenters. The van der Waals surface area contributed by atoms with Gasteiger partial charge < -0.3 is 14.9 Å². The van der Waals surface area contributed by atoms with Gasteiger partial charge in [-0.2, -0.15) is 0 Å². The maximum atomic E-state index is 12.4. The zero-order chi connectivity index (χ0) is 16.3. The molecule has 1 amide bonds. The van der Waals surface area contributed by atoms with Gasteiger partial charge in [0.2, 0.25) is 5.91 Å². The van der Waals surface area contributed by atoms with Crippen molar-refractivity contribution in [1.82, 2.24) is 9.88 Å². The molecule has 0 unspecified atom stereocenters. The summed E-state index contributed by atoms with van der Waals surface area (Å²) in [6.45, 7) is 5.39. The van der Waals surface area contributed by atoms with Crippen LogP contribution in [0.1, 0.15) is 26.7 Å². The van der Waals surface area contributed by atoms with Crippen LogP contribution in [0.2, 0.25) is 5.02 Å². The Kier molecular flexibility index (Phi) is 5.29. The van der Waals surface area contributed by atoms with Gasteiger partial charge in [-0.25, -0.2) is 4.98 Å². The Morgan fingerprint density at radius 2 is 2.09 bits per heavy atom. The lowest BCUT2D eigenvalue weighted by Gasteiger charge is -2.35. The van der Waals surface area contributed by atoms with E-state index in [-0.39, 0.29) is 11.8 Å². The molecule has 1 aliphatic rings. The van der Waals surface area contributed by atoms with Gasteiger partial charge in [-0.3, -0.25) is 4.79 Å². The van der Waals surface area contributed by atoms with Crippen LogP contribution < -0.4 is 4.90 Å². The summed E-state index contributed by atoms with van der Waals surface area (Å²) in [5.74, 6) is 1.04. The van der Waals surface area contributed by atoms with Crippen LogP contribution in [0.3, 0.4) is 0 Å². The first kappa shape index (κ1) is 17.0. The predicted molar refractivity (Wildman–Crippen MR) is 88.1 cm³/mol. The van der Waals surface area contributed by atoms with E-state index in [9.17, 15) is 9.90 Å². The van der Waals surface area contributed by atoms with E-state index in [0.717, 1.165) is 31.7 Å². The number of rotatable bonds is 4. The Morgan fingerprint density at radius 1 is 1.45 bits per heavy atom. The number of anilines is 1. The summed E-state index contributed by atoms with van der Waals surface area (Å²) < 4.78 is 0. The number of hydrogen-bond acceptors (Lipinski definition) is 4. The fraction of sp³-hybridized carbons (Fsp3) is 0.625. The van der Waals surface area contributed by atoms with Gasteiger partial charge in [0.15, 0.2) is 0 Å². The molecule has 1 N–H and O–H groups in total. The van der Waals surface area contributed by atoms with Gasteiger partial charge in [0.1, 0.15) is 5.82 Å². The van der Waals surface area contributed by atoms with Gasteiger partial charge in [-0.1, -0.05) is 11.6 Å². The lowest BCUT2D eigenvalue weighted by molar-refractivity contribution is -0.137. The molecule has 0 bridgehead atoms. The van der Waals surface area contributed by atoms with Crippen molar-refractivity contribution in [2.45, 2.75) is 32.3 Å². The topological polar surface area (TPSA) is 56.7 Å². The summed E-state index contributed by atoms with van der Waals surface area (Å²) >= 11 is 5.85. The minimum atomic E-state index is -0.863. The molecule has 0 radical (unpaired) electrons. The predicted octanol–water partition coefficient (Wildman–Crippen LogP) is 2.18. The van der Waals surface area contributed by atoms with Crippen molar-refractivity contribution in [2.24, 2.45) is 5.92 Å². The number of aromatic nitrogens is 1. The molecule has 0 saturated carbocycles. The largest absolute Gasteiger partial charge is 0.389 e. The summed E-state index contributed by atoms with van der Waals surface area (Å²) in [5, 5.41) is 10.5. The number of likely N-dealkylation sites (N-methyl/N-ethyl adjacent to an activating group) is 1. The third-order valence-electron chi connectivity index (χ3n) is 3.88. The molecule has 1 aromatic rings. The van der Waals surface area contributed by atoms with Gasteiger partial charge in [0.05, 0.1) is 10.6 Å². The van der Waals surface area contributed by atoms with Gasteiger partial charge in [-0.15, -0.1) is 0 Å². The first-order valence-electron chi connectivity index (χ1n) is 7.60. The lowest BCUT2D eigenvalue weighted by atomic mass is 9.95. The van der Waals surface area contributed by atoms with E-state index in [4.69, 9.17) is 11.6 Å². The summed E-state index contributed by atoms with van der Waals surface area (Å²) in [4.78, 5) is 20.6. The molecule has 122 valence electrons. The third-order valence-corrected chi connectivity index (χ3v) is 4.10. The average Bonchev–Trinajstić information content (AvgIpc) is 2.46. The molecule has 22 heavy (non-hydrogen) atoms. The molecule has 1 aromatic heterocycles. The van der Waals surface area contributed by atoms with Gasteiger partial charge in [-0.05, 0) is 38.8 Å². The van der Waals surface area contributed by atoms with Crippen molar-refractivity contribution in [2.75, 3.05) is 31.6 Å². The molecule has 0 spiro atoms. The zero-order valence-corrected chi connectivity index (χ0v) is 14.2. The fourth-order valence-electron chi connectivity index (χ4n) is 2.88. The molecule has 0 aliphatic carbocycles. The highest BCUT2D eigenvalue weighted by Gasteiger charge is 2.29. The number of aliphatic hydroxyl groups is 1.